The van der Waals surface area contributed by atoms with Crippen LogP contribution in [0.4, 0.5) is 9.93 Å². The smallest absolute Gasteiger partial charge is 0.323 e. The van der Waals surface area contributed by atoms with Crippen LogP contribution in [-0.2, 0) is 12.8 Å². The van der Waals surface area contributed by atoms with Crippen molar-refractivity contribution in [2.75, 3.05) is 18.4 Å². The standard InChI is InChI=1S/C19H24N4OS2/c24-19(22-18-21-15-6-2-1-3-7-16(15)26-18)23-12-9-14(10-13-23)25-17-8-4-5-11-20-17/h4-5,8,11,14H,1-3,6-7,9-10,12-13H2,(H,21,22,24). The van der Waals surface area contributed by atoms with Crippen LogP contribution < -0.4 is 5.32 Å². The van der Waals surface area contributed by atoms with Gasteiger partial charge in [-0.2, -0.15) is 0 Å². The van der Waals surface area contributed by atoms with E-state index in [1.807, 2.05) is 35.0 Å². The van der Waals surface area contributed by atoms with Gasteiger partial charge in [-0.05, 0) is 50.7 Å². The second-order valence-electron chi connectivity index (χ2n) is 6.85. The minimum Gasteiger partial charge on any atom is -0.324 e. The van der Waals surface area contributed by atoms with Crippen molar-refractivity contribution in [2.24, 2.45) is 0 Å². The molecule has 5 nitrogen and oxygen atoms in total. The number of anilines is 1. The van der Waals surface area contributed by atoms with Gasteiger partial charge in [-0.15, -0.1) is 23.1 Å². The fourth-order valence-corrected chi connectivity index (χ4v) is 5.62. The Balaban J connectivity index is 1.28. The Bertz CT molecular complexity index is 718. The summed E-state index contributed by atoms with van der Waals surface area (Å²) in [6.07, 6.45) is 9.75. The molecule has 3 heterocycles. The molecule has 0 saturated carbocycles. The zero-order valence-electron chi connectivity index (χ0n) is 14.8. The second-order valence-corrected chi connectivity index (χ2v) is 9.26. The number of nitrogens with one attached hydrogen (secondary N) is 1. The van der Waals surface area contributed by atoms with Gasteiger partial charge in [0.25, 0.3) is 0 Å². The van der Waals surface area contributed by atoms with Crippen LogP contribution in [0.3, 0.4) is 0 Å². The minimum atomic E-state index is -0.00445. The van der Waals surface area contributed by atoms with E-state index >= 15 is 0 Å². The number of rotatable bonds is 3. The lowest BCUT2D eigenvalue weighted by Crippen LogP contribution is -2.41. The zero-order valence-corrected chi connectivity index (χ0v) is 16.5. The number of piperidine rings is 1. The Labute approximate surface area is 162 Å². The predicted octanol–water partition coefficient (Wildman–Crippen LogP) is 4.60. The summed E-state index contributed by atoms with van der Waals surface area (Å²) in [7, 11) is 0. The van der Waals surface area contributed by atoms with E-state index in [-0.39, 0.29) is 6.03 Å². The number of likely N-dealkylation sites (tertiary alicyclic amines) is 1. The molecule has 7 heteroatoms. The average Bonchev–Trinajstić information content (AvgIpc) is 2.91. The summed E-state index contributed by atoms with van der Waals surface area (Å²) >= 11 is 3.48. The molecule has 0 spiro atoms. The third-order valence-corrected chi connectivity index (χ3v) is 7.32. The highest BCUT2D eigenvalue weighted by molar-refractivity contribution is 7.99. The van der Waals surface area contributed by atoms with E-state index in [9.17, 15) is 4.79 Å². The number of thioether (sulfide) groups is 1. The third kappa shape index (κ3) is 4.38. The van der Waals surface area contributed by atoms with Crippen LogP contribution in [0, 0.1) is 0 Å². The third-order valence-electron chi connectivity index (χ3n) is 4.96. The van der Waals surface area contributed by atoms with Crippen molar-refractivity contribution in [1.82, 2.24) is 14.9 Å². The number of aryl methyl sites for hydroxylation is 2. The zero-order chi connectivity index (χ0) is 17.8. The first kappa shape index (κ1) is 17.8. The number of urea groups is 1. The van der Waals surface area contributed by atoms with Crippen molar-refractivity contribution < 1.29 is 4.79 Å². The number of carbonyl (C=O) groups excluding carboxylic acids is 1. The Morgan fingerprint density at radius 3 is 2.85 bits per heavy atom. The highest BCUT2D eigenvalue weighted by Crippen LogP contribution is 2.31. The molecular formula is C19H24N4OS2. The largest absolute Gasteiger partial charge is 0.324 e. The molecule has 0 bridgehead atoms. The molecule has 0 atom stereocenters. The molecular weight excluding hydrogens is 364 g/mol. The van der Waals surface area contributed by atoms with Crippen LogP contribution in [0.2, 0.25) is 0 Å². The average molecular weight is 389 g/mol. The lowest BCUT2D eigenvalue weighted by molar-refractivity contribution is 0.201. The normalized spacial score (nSPS) is 18.2. The van der Waals surface area contributed by atoms with E-state index in [4.69, 9.17) is 0 Å². The molecule has 4 rings (SSSR count). The molecule has 1 N–H and O–H groups in total. The fourth-order valence-electron chi connectivity index (χ4n) is 3.52. The number of hydrogen-bond acceptors (Lipinski definition) is 5. The second kappa shape index (κ2) is 8.39. The van der Waals surface area contributed by atoms with E-state index in [2.05, 4.69) is 21.4 Å². The summed E-state index contributed by atoms with van der Waals surface area (Å²) in [4.78, 5) is 24.9. The molecule has 2 amide bonds. The minimum absolute atomic E-state index is 0.00445. The SMILES string of the molecule is O=C(Nc1nc2c(s1)CCCCC2)N1CCC(Sc2ccccn2)CC1. The van der Waals surface area contributed by atoms with Gasteiger partial charge in [0.15, 0.2) is 5.13 Å². The van der Waals surface area contributed by atoms with Crippen LogP contribution >= 0.6 is 23.1 Å². The number of fused-ring (bicyclic) bond motifs is 1. The Hall–Kier alpha value is -1.60. The van der Waals surface area contributed by atoms with Gasteiger partial charge in [-0.25, -0.2) is 14.8 Å². The highest BCUT2D eigenvalue weighted by atomic mass is 32.2. The summed E-state index contributed by atoms with van der Waals surface area (Å²) in [6, 6.07) is 6.01. The molecule has 2 aromatic rings. The predicted molar refractivity (Wildman–Crippen MR) is 107 cm³/mol. The van der Waals surface area contributed by atoms with Crippen molar-refractivity contribution in [1.29, 1.82) is 0 Å². The van der Waals surface area contributed by atoms with Crippen LogP contribution in [0.1, 0.15) is 42.7 Å². The van der Waals surface area contributed by atoms with Crippen LogP contribution in [0.5, 0.6) is 0 Å². The fraction of sp³-hybridized carbons (Fsp3) is 0.526. The van der Waals surface area contributed by atoms with Crippen molar-refractivity contribution >= 4 is 34.3 Å². The molecule has 1 aliphatic carbocycles. The Morgan fingerprint density at radius 1 is 1.19 bits per heavy atom. The summed E-state index contributed by atoms with van der Waals surface area (Å²) < 4.78 is 0. The molecule has 0 unspecified atom stereocenters. The molecule has 1 aliphatic heterocycles. The van der Waals surface area contributed by atoms with E-state index in [1.165, 1.54) is 29.8 Å². The molecule has 1 saturated heterocycles. The number of amides is 2. The summed E-state index contributed by atoms with van der Waals surface area (Å²) in [5, 5.41) is 5.40. The van der Waals surface area contributed by atoms with E-state index < -0.39 is 0 Å². The van der Waals surface area contributed by atoms with Gasteiger partial charge in [0.1, 0.15) is 0 Å². The lowest BCUT2D eigenvalue weighted by Gasteiger charge is -2.31. The lowest BCUT2D eigenvalue weighted by atomic mass is 10.1. The Morgan fingerprint density at radius 2 is 2.04 bits per heavy atom. The topological polar surface area (TPSA) is 58.1 Å². The maximum absolute atomic E-state index is 12.6. The van der Waals surface area contributed by atoms with E-state index in [0.29, 0.717) is 5.25 Å². The van der Waals surface area contributed by atoms with Gasteiger partial charge < -0.3 is 4.90 Å². The highest BCUT2D eigenvalue weighted by Gasteiger charge is 2.25. The molecule has 138 valence electrons. The monoisotopic (exact) mass is 388 g/mol. The summed E-state index contributed by atoms with van der Waals surface area (Å²) in [5.41, 5.74) is 1.20. The van der Waals surface area contributed by atoms with Crippen LogP contribution in [-0.4, -0.2) is 39.2 Å². The van der Waals surface area contributed by atoms with Crippen LogP contribution in [0.15, 0.2) is 29.4 Å². The Kier molecular flexibility index (Phi) is 5.75. The van der Waals surface area contributed by atoms with Crippen LogP contribution in [0.25, 0.3) is 0 Å². The van der Waals surface area contributed by atoms with Gasteiger partial charge in [0, 0.05) is 29.4 Å². The number of hydrogen-bond donors (Lipinski definition) is 1. The van der Waals surface area contributed by atoms with Gasteiger partial charge in [-0.1, -0.05) is 12.5 Å². The molecule has 1 fully saturated rings. The summed E-state index contributed by atoms with van der Waals surface area (Å²) in [6.45, 7) is 1.59. The van der Waals surface area contributed by atoms with Gasteiger partial charge in [0.05, 0.1) is 10.7 Å². The molecule has 0 radical (unpaired) electrons. The van der Waals surface area contributed by atoms with Crippen molar-refractivity contribution in [3.8, 4) is 0 Å². The maximum atomic E-state index is 12.6. The first-order chi connectivity index (χ1) is 12.8. The molecule has 26 heavy (non-hydrogen) atoms. The first-order valence-corrected chi connectivity index (χ1v) is 11.1. The number of aromatic nitrogens is 2. The molecule has 0 aromatic carbocycles. The van der Waals surface area contributed by atoms with Gasteiger partial charge in [-0.3, -0.25) is 5.32 Å². The van der Waals surface area contributed by atoms with Gasteiger partial charge >= 0.3 is 6.03 Å². The van der Waals surface area contributed by atoms with Crippen molar-refractivity contribution in [2.45, 2.75) is 55.2 Å². The maximum Gasteiger partial charge on any atom is 0.323 e. The van der Waals surface area contributed by atoms with Crippen molar-refractivity contribution in [3.63, 3.8) is 0 Å². The van der Waals surface area contributed by atoms with Crippen molar-refractivity contribution in [3.05, 3.63) is 35.0 Å². The number of nitrogens with zero attached hydrogens (tertiary/aromatic N) is 3. The molecule has 2 aliphatic rings. The quantitative estimate of drug-likeness (QED) is 0.781. The number of pyridine rings is 1. The van der Waals surface area contributed by atoms with Gasteiger partial charge in [0.2, 0.25) is 0 Å². The number of thiazole rings is 1. The van der Waals surface area contributed by atoms with E-state index in [1.54, 1.807) is 11.3 Å². The van der Waals surface area contributed by atoms with E-state index in [0.717, 1.165) is 48.9 Å². The number of carbonyl (C=O) groups is 1. The molecule has 2 aromatic heterocycles. The first-order valence-electron chi connectivity index (χ1n) is 9.40. The summed E-state index contributed by atoms with van der Waals surface area (Å²) in [5.74, 6) is 0.